The Hall–Kier alpha value is -4.06. The fourth-order valence-corrected chi connectivity index (χ4v) is 9.42. The van der Waals surface area contributed by atoms with Gasteiger partial charge in [0.05, 0.1) is 52.6 Å². The molecule has 2 N–H and O–H groups in total. The van der Waals surface area contributed by atoms with E-state index in [9.17, 15) is 19.5 Å². The van der Waals surface area contributed by atoms with Crippen LogP contribution in [-0.4, -0.2) is 59.4 Å². The number of nitrogens with one attached hydrogen (secondary N) is 1. The topological polar surface area (TPSA) is 125 Å². The highest BCUT2D eigenvalue weighted by Gasteiger charge is 2.70. The highest BCUT2D eigenvalue weighted by Crippen LogP contribution is 2.64. The van der Waals surface area contributed by atoms with E-state index in [2.05, 4.69) is 21.4 Å². The number of hydrogen-bond acceptors (Lipinski definition) is 8. The second-order valence-corrected chi connectivity index (χ2v) is 14.4. The van der Waals surface area contributed by atoms with E-state index in [1.807, 2.05) is 6.08 Å². The van der Waals surface area contributed by atoms with E-state index in [-0.39, 0.29) is 41.3 Å². The fourth-order valence-electron chi connectivity index (χ4n) is 8.51. The molecule has 0 bridgehead atoms. The van der Waals surface area contributed by atoms with Crippen LogP contribution >= 0.6 is 39.1 Å². The Kier molecular flexibility index (Phi) is 8.44. The van der Waals surface area contributed by atoms with Gasteiger partial charge in [-0.1, -0.05) is 47.0 Å². The van der Waals surface area contributed by atoms with E-state index in [0.717, 1.165) is 10.6 Å². The van der Waals surface area contributed by atoms with Crippen molar-refractivity contribution in [3.05, 3.63) is 91.9 Å². The molecule has 3 fully saturated rings. The lowest BCUT2D eigenvalue weighted by Gasteiger charge is -2.50. The van der Waals surface area contributed by atoms with Crippen molar-refractivity contribution in [3.63, 3.8) is 0 Å². The number of hydrazine groups is 1. The van der Waals surface area contributed by atoms with Crippen molar-refractivity contribution in [2.45, 2.75) is 31.1 Å². The normalized spacial score (nSPS) is 27.5. The molecule has 13 heteroatoms. The predicted octanol–water partition coefficient (Wildman–Crippen LogP) is 6.48. The number of benzene rings is 3. The van der Waals surface area contributed by atoms with Crippen molar-refractivity contribution in [3.8, 4) is 17.2 Å². The van der Waals surface area contributed by atoms with E-state index in [4.69, 9.17) is 32.7 Å². The van der Waals surface area contributed by atoms with Crippen LogP contribution in [0.3, 0.4) is 0 Å². The summed E-state index contributed by atoms with van der Waals surface area (Å²) in [6.07, 6.45) is 2.41. The first-order valence-corrected chi connectivity index (χ1v) is 17.4. The number of carbonyl (C=O) groups is 4. The molecule has 3 aromatic rings. The smallest absolute Gasteiger partial charge is 0.260 e. The number of likely N-dealkylation sites (tertiary alicyclic amines) is 1. The average molecular weight is 769 g/mol. The molecule has 4 amide bonds. The van der Waals surface area contributed by atoms with Gasteiger partial charge in [0.1, 0.15) is 5.75 Å². The van der Waals surface area contributed by atoms with Crippen molar-refractivity contribution in [1.29, 1.82) is 0 Å². The van der Waals surface area contributed by atoms with Gasteiger partial charge in [0, 0.05) is 17.5 Å². The molecule has 49 heavy (non-hydrogen) atoms. The van der Waals surface area contributed by atoms with Crippen molar-refractivity contribution < 1.29 is 33.8 Å². The van der Waals surface area contributed by atoms with Gasteiger partial charge in [0.25, 0.3) is 11.8 Å². The number of phenolic OH excluding ortho intramolecular Hbond substituents is 1. The van der Waals surface area contributed by atoms with E-state index in [1.165, 1.54) is 18.1 Å². The Balaban J connectivity index is 1.50. The Bertz CT molecular complexity index is 1950. The third-order valence-electron chi connectivity index (χ3n) is 10.6. The Labute approximate surface area is 301 Å². The first-order chi connectivity index (χ1) is 23.5. The first kappa shape index (κ1) is 33.4. The van der Waals surface area contributed by atoms with Crippen LogP contribution in [0.25, 0.3) is 0 Å². The van der Waals surface area contributed by atoms with Gasteiger partial charge in [-0.3, -0.25) is 29.5 Å². The Morgan fingerprint density at radius 2 is 1.69 bits per heavy atom. The number of nitrogens with zero attached hydrogens (tertiary/aromatic N) is 2. The third kappa shape index (κ3) is 4.87. The minimum atomic E-state index is -1.54. The molecule has 10 nitrogen and oxygen atoms in total. The number of phenols is 1. The second kappa shape index (κ2) is 12.4. The molecule has 0 spiro atoms. The van der Waals surface area contributed by atoms with Gasteiger partial charge in [0.2, 0.25) is 11.8 Å². The van der Waals surface area contributed by atoms with Crippen LogP contribution in [0.2, 0.25) is 10.0 Å². The van der Waals surface area contributed by atoms with Crippen molar-refractivity contribution in [2.75, 3.05) is 26.2 Å². The summed E-state index contributed by atoms with van der Waals surface area (Å²) in [5.74, 6) is -4.52. The molecule has 0 radical (unpaired) electrons. The van der Waals surface area contributed by atoms with Crippen LogP contribution in [-0.2, 0) is 24.6 Å². The van der Waals surface area contributed by atoms with Crippen LogP contribution in [0.1, 0.15) is 36.8 Å². The highest BCUT2D eigenvalue weighted by atomic mass is 79.9. The Morgan fingerprint density at radius 1 is 0.959 bits per heavy atom. The number of imide groups is 2. The molecule has 3 aromatic carbocycles. The number of rotatable bonds is 7. The maximum Gasteiger partial charge on any atom is 0.260 e. The molecule has 254 valence electrons. The van der Waals surface area contributed by atoms with Crippen molar-refractivity contribution in [1.82, 2.24) is 9.91 Å². The third-order valence-corrected chi connectivity index (χ3v) is 11.7. The van der Waals surface area contributed by atoms with Gasteiger partial charge >= 0.3 is 0 Å². The lowest BCUT2D eigenvalue weighted by molar-refractivity contribution is -0.141. The number of fused-ring (bicyclic) bond motifs is 4. The summed E-state index contributed by atoms with van der Waals surface area (Å²) in [5.41, 5.74) is 3.65. The summed E-state index contributed by atoms with van der Waals surface area (Å²) in [7, 11) is 2.97. The molecule has 6 unspecified atom stereocenters. The summed E-state index contributed by atoms with van der Waals surface area (Å²) in [6, 6.07) is 15.1. The molecule has 2 heterocycles. The van der Waals surface area contributed by atoms with Gasteiger partial charge in [-0.2, -0.15) is 5.01 Å². The number of halogens is 3. The maximum atomic E-state index is 15.3. The molecule has 2 aliphatic carbocycles. The summed E-state index contributed by atoms with van der Waals surface area (Å²) in [4.78, 5) is 58.7. The molecular weight excluding hydrogens is 737 g/mol. The zero-order chi connectivity index (χ0) is 34.9. The van der Waals surface area contributed by atoms with E-state index >= 15 is 4.79 Å². The largest absolute Gasteiger partial charge is 0.503 e. The highest BCUT2D eigenvalue weighted by molar-refractivity contribution is 9.10. The molecule has 4 aliphatic rings. The number of aromatic hydroxyl groups is 1. The summed E-state index contributed by atoms with van der Waals surface area (Å²) in [6.45, 7) is 2.01. The van der Waals surface area contributed by atoms with Crippen LogP contribution in [0.4, 0.5) is 5.69 Å². The average Bonchev–Trinajstić information content (AvgIpc) is 3.47. The summed E-state index contributed by atoms with van der Waals surface area (Å²) >= 11 is 16.1. The van der Waals surface area contributed by atoms with Crippen LogP contribution in [0.15, 0.2) is 70.7 Å². The van der Waals surface area contributed by atoms with Gasteiger partial charge < -0.3 is 14.6 Å². The van der Waals surface area contributed by atoms with Crippen molar-refractivity contribution in [2.24, 2.45) is 23.7 Å². The standard InChI is InChI=1S/C36H32BrCl2N3O7/c1-4-41-32(44)22-11-10-21-23(29(22)34(41)46)16-24-33(45)42(40-27-12-7-19(38)15-26(27)39)35(47)36(24,18-5-8-20(48-2)9-6-18)30(21)17-13-25(37)31(43)28(14-17)49-3/h5-10,12-15,22-24,29-30,40,43H,4,11,16H2,1-3H3. The number of methoxy groups -OCH3 is 2. The quantitative estimate of drug-likeness (QED) is 0.207. The fraction of sp³-hybridized carbons (Fsp3) is 0.333. The number of carbonyl (C=O) groups excluding carboxylic acids is 4. The Morgan fingerprint density at radius 3 is 2.35 bits per heavy atom. The lowest BCUT2D eigenvalue weighted by Crippen LogP contribution is -2.53. The van der Waals surface area contributed by atoms with Crippen LogP contribution in [0.5, 0.6) is 17.2 Å². The van der Waals surface area contributed by atoms with Crippen molar-refractivity contribution >= 4 is 68.4 Å². The van der Waals surface area contributed by atoms with Gasteiger partial charge in [-0.15, -0.1) is 0 Å². The number of anilines is 1. The predicted molar refractivity (Wildman–Crippen MR) is 185 cm³/mol. The minimum absolute atomic E-state index is 0.129. The number of allylic oxidation sites excluding steroid dienone is 2. The van der Waals surface area contributed by atoms with Gasteiger partial charge in [-0.05, 0) is 95.2 Å². The molecule has 2 aliphatic heterocycles. The first-order valence-electron chi connectivity index (χ1n) is 15.8. The summed E-state index contributed by atoms with van der Waals surface area (Å²) in [5, 5.41) is 12.4. The lowest BCUT2D eigenvalue weighted by atomic mass is 9.49. The molecule has 1 saturated carbocycles. The van der Waals surface area contributed by atoms with Gasteiger partial charge in [-0.25, -0.2) is 0 Å². The van der Waals surface area contributed by atoms with E-state index in [1.54, 1.807) is 62.6 Å². The monoisotopic (exact) mass is 767 g/mol. The molecule has 0 aromatic heterocycles. The maximum absolute atomic E-state index is 15.3. The molecular formula is C36H32BrCl2N3O7. The van der Waals surface area contributed by atoms with E-state index in [0.29, 0.717) is 38.5 Å². The zero-order valence-electron chi connectivity index (χ0n) is 26.7. The minimum Gasteiger partial charge on any atom is -0.503 e. The number of ether oxygens (including phenoxy) is 2. The summed E-state index contributed by atoms with van der Waals surface area (Å²) < 4.78 is 11.3. The molecule has 2 saturated heterocycles. The number of hydrogen-bond donors (Lipinski definition) is 2. The van der Waals surface area contributed by atoms with E-state index < -0.39 is 46.8 Å². The zero-order valence-corrected chi connectivity index (χ0v) is 29.8. The second-order valence-electron chi connectivity index (χ2n) is 12.7. The van der Waals surface area contributed by atoms with Crippen LogP contribution in [0, 0.1) is 23.7 Å². The SMILES string of the molecule is CCN1C(=O)C2CC=C3C(CC4C(=O)N(Nc5ccc(Cl)cc5Cl)C(=O)C4(c4ccc(OC)cc4)C3c3cc(Br)c(O)c(OC)c3)C2C1=O. The molecule has 6 atom stereocenters. The van der Waals surface area contributed by atoms with Crippen LogP contribution < -0.4 is 14.9 Å². The number of amides is 4. The molecule has 7 rings (SSSR count). The van der Waals surface area contributed by atoms with Gasteiger partial charge in [0.15, 0.2) is 11.5 Å².